The second kappa shape index (κ2) is 6.08. The molecule has 0 unspecified atom stereocenters. The Morgan fingerprint density at radius 1 is 1.30 bits per heavy atom. The van der Waals surface area contributed by atoms with Crippen molar-refractivity contribution in [3.05, 3.63) is 63.1 Å². The summed E-state index contributed by atoms with van der Waals surface area (Å²) in [5, 5.41) is 12.7. The Kier molecular flexibility index (Phi) is 4.12. The Morgan fingerprint density at radius 2 is 2.09 bits per heavy atom. The van der Waals surface area contributed by atoms with E-state index in [2.05, 4.69) is 26.1 Å². The van der Waals surface area contributed by atoms with Crippen LogP contribution in [-0.2, 0) is 12.8 Å². The van der Waals surface area contributed by atoms with Crippen molar-refractivity contribution in [1.82, 2.24) is 0 Å². The molecule has 0 amide bonds. The van der Waals surface area contributed by atoms with Crippen LogP contribution in [0.25, 0.3) is 0 Å². The molecule has 0 bridgehead atoms. The standard InChI is InChI=1S/C16H12BrF2N3O/c17-12-3-8(1-2-13(12)19)4-15(22-23)10-5-9(18)6-14-11(10)7-16(20)21-14/h1-3,5-6,23H,4,7H2,(H2,20,21)/b22-15+. The Labute approximate surface area is 139 Å². The van der Waals surface area contributed by atoms with Gasteiger partial charge in [-0.15, -0.1) is 0 Å². The first-order chi connectivity index (χ1) is 11.0. The molecule has 2 aromatic rings. The van der Waals surface area contributed by atoms with Crippen LogP contribution in [0.5, 0.6) is 0 Å². The highest BCUT2D eigenvalue weighted by molar-refractivity contribution is 9.10. The van der Waals surface area contributed by atoms with E-state index in [1.807, 2.05) is 0 Å². The highest BCUT2D eigenvalue weighted by Gasteiger charge is 2.21. The van der Waals surface area contributed by atoms with Gasteiger partial charge in [-0.25, -0.2) is 13.8 Å². The highest BCUT2D eigenvalue weighted by Crippen LogP contribution is 2.31. The van der Waals surface area contributed by atoms with Crippen molar-refractivity contribution in [2.75, 3.05) is 0 Å². The Morgan fingerprint density at radius 3 is 2.78 bits per heavy atom. The van der Waals surface area contributed by atoms with Crippen LogP contribution in [0.4, 0.5) is 14.5 Å². The zero-order valence-electron chi connectivity index (χ0n) is 11.9. The van der Waals surface area contributed by atoms with E-state index in [-0.39, 0.29) is 17.9 Å². The normalized spacial score (nSPS) is 13.9. The summed E-state index contributed by atoms with van der Waals surface area (Å²) >= 11 is 3.11. The van der Waals surface area contributed by atoms with Crippen molar-refractivity contribution in [1.29, 1.82) is 0 Å². The minimum absolute atomic E-state index is 0.213. The molecule has 0 spiro atoms. The SMILES string of the molecule is NC1=Nc2cc(F)cc(/C(Cc3ccc(F)c(Br)c3)=N/O)c2C1. The third-order valence-corrected chi connectivity index (χ3v) is 4.21. The molecule has 23 heavy (non-hydrogen) atoms. The van der Waals surface area contributed by atoms with Gasteiger partial charge in [0.05, 0.1) is 15.9 Å². The van der Waals surface area contributed by atoms with Gasteiger partial charge in [-0.2, -0.15) is 0 Å². The Bertz CT molecular complexity index is 849. The molecular weight excluding hydrogens is 368 g/mol. The lowest BCUT2D eigenvalue weighted by Crippen LogP contribution is -2.14. The van der Waals surface area contributed by atoms with Crippen LogP contribution in [0.15, 0.2) is 45.0 Å². The molecule has 3 N–H and O–H groups in total. The van der Waals surface area contributed by atoms with Gasteiger partial charge in [-0.1, -0.05) is 11.2 Å². The third-order valence-electron chi connectivity index (χ3n) is 3.60. The molecule has 0 aromatic heterocycles. The molecule has 0 saturated heterocycles. The summed E-state index contributed by atoms with van der Waals surface area (Å²) in [5.74, 6) is -0.489. The molecule has 7 heteroatoms. The molecular formula is C16H12BrF2N3O. The van der Waals surface area contributed by atoms with Crippen molar-refractivity contribution >= 4 is 33.2 Å². The fourth-order valence-corrected chi connectivity index (χ4v) is 2.99. The molecule has 4 nitrogen and oxygen atoms in total. The quantitative estimate of drug-likeness (QED) is 0.484. The van der Waals surface area contributed by atoms with Crippen molar-refractivity contribution in [3.63, 3.8) is 0 Å². The van der Waals surface area contributed by atoms with Crippen LogP contribution in [0.2, 0.25) is 0 Å². The van der Waals surface area contributed by atoms with Gasteiger partial charge in [0.2, 0.25) is 0 Å². The summed E-state index contributed by atoms with van der Waals surface area (Å²) in [5.41, 5.74) is 8.31. The van der Waals surface area contributed by atoms with E-state index in [1.54, 1.807) is 12.1 Å². The molecule has 1 aliphatic heterocycles. The van der Waals surface area contributed by atoms with Crippen LogP contribution >= 0.6 is 15.9 Å². The number of hydrogen-bond donors (Lipinski definition) is 2. The van der Waals surface area contributed by atoms with E-state index >= 15 is 0 Å². The van der Waals surface area contributed by atoms with Crippen LogP contribution in [0, 0.1) is 11.6 Å². The van der Waals surface area contributed by atoms with Gasteiger partial charge in [0, 0.05) is 18.4 Å². The maximum absolute atomic E-state index is 13.8. The number of nitrogens with zero attached hydrogens (tertiary/aromatic N) is 2. The van der Waals surface area contributed by atoms with E-state index in [4.69, 9.17) is 5.73 Å². The van der Waals surface area contributed by atoms with E-state index in [1.165, 1.54) is 18.2 Å². The van der Waals surface area contributed by atoms with Crippen molar-refractivity contribution in [3.8, 4) is 0 Å². The molecule has 1 heterocycles. The predicted octanol–water partition coefficient (Wildman–Crippen LogP) is 3.69. The zero-order chi connectivity index (χ0) is 16.6. The molecule has 0 atom stereocenters. The number of halogens is 3. The number of amidine groups is 1. The lowest BCUT2D eigenvalue weighted by Gasteiger charge is -2.10. The number of benzene rings is 2. The summed E-state index contributed by atoms with van der Waals surface area (Å²) in [6.45, 7) is 0. The largest absolute Gasteiger partial charge is 0.411 e. The maximum atomic E-state index is 13.8. The first kappa shape index (κ1) is 15.6. The molecule has 3 rings (SSSR count). The number of fused-ring (bicyclic) bond motifs is 1. The monoisotopic (exact) mass is 379 g/mol. The van der Waals surface area contributed by atoms with Crippen molar-refractivity contribution in [2.45, 2.75) is 12.8 Å². The highest BCUT2D eigenvalue weighted by atomic mass is 79.9. The average molecular weight is 380 g/mol. The number of aliphatic imine (C=N–C) groups is 1. The fraction of sp³-hybridized carbons (Fsp3) is 0.125. The number of oxime groups is 1. The van der Waals surface area contributed by atoms with Crippen LogP contribution in [0.3, 0.4) is 0 Å². The maximum Gasteiger partial charge on any atom is 0.137 e. The second-order valence-corrected chi connectivity index (χ2v) is 6.06. The minimum Gasteiger partial charge on any atom is -0.411 e. The van der Waals surface area contributed by atoms with Gasteiger partial charge in [0.1, 0.15) is 17.5 Å². The van der Waals surface area contributed by atoms with E-state index in [0.717, 1.165) is 11.1 Å². The third kappa shape index (κ3) is 3.10. The lowest BCUT2D eigenvalue weighted by atomic mass is 9.95. The molecule has 0 saturated carbocycles. The smallest absolute Gasteiger partial charge is 0.137 e. The summed E-state index contributed by atoms with van der Waals surface area (Å²) in [6, 6.07) is 7.06. The lowest BCUT2D eigenvalue weighted by molar-refractivity contribution is 0.318. The van der Waals surface area contributed by atoms with Crippen LogP contribution < -0.4 is 5.73 Å². The molecule has 2 aromatic carbocycles. The summed E-state index contributed by atoms with van der Waals surface area (Å²) < 4.78 is 27.4. The minimum atomic E-state index is -0.487. The van der Waals surface area contributed by atoms with E-state index in [9.17, 15) is 14.0 Å². The van der Waals surface area contributed by atoms with E-state index < -0.39 is 5.82 Å². The van der Waals surface area contributed by atoms with Crippen molar-refractivity contribution < 1.29 is 14.0 Å². The first-order valence-corrected chi connectivity index (χ1v) is 7.58. The van der Waals surface area contributed by atoms with E-state index in [0.29, 0.717) is 28.0 Å². The molecule has 1 aliphatic rings. The Balaban J connectivity index is 1.99. The van der Waals surface area contributed by atoms with Crippen LogP contribution in [-0.4, -0.2) is 16.8 Å². The topological polar surface area (TPSA) is 71.0 Å². The molecule has 0 radical (unpaired) electrons. The van der Waals surface area contributed by atoms with Gasteiger partial charge in [-0.05, 0) is 51.3 Å². The molecule has 118 valence electrons. The van der Waals surface area contributed by atoms with Gasteiger partial charge in [0.25, 0.3) is 0 Å². The zero-order valence-corrected chi connectivity index (χ0v) is 13.4. The van der Waals surface area contributed by atoms with Gasteiger partial charge >= 0.3 is 0 Å². The average Bonchev–Trinajstić information content (AvgIpc) is 2.87. The molecule has 0 fully saturated rings. The number of rotatable bonds is 3. The number of hydrogen-bond acceptors (Lipinski definition) is 4. The summed E-state index contributed by atoms with van der Waals surface area (Å²) in [6.07, 6.45) is 0.586. The second-order valence-electron chi connectivity index (χ2n) is 5.20. The van der Waals surface area contributed by atoms with Gasteiger partial charge < -0.3 is 10.9 Å². The van der Waals surface area contributed by atoms with Crippen molar-refractivity contribution in [2.24, 2.45) is 15.9 Å². The van der Waals surface area contributed by atoms with Gasteiger partial charge in [-0.3, -0.25) is 0 Å². The fourth-order valence-electron chi connectivity index (χ4n) is 2.57. The predicted molar refractivity (Wildman–Crippen MR) is 87.5 cm³/mol. The summed E-state index contributed by atoms with van der Waals surface area (Å²) in [7, 11) is 0. The molecule has 0 aliphatic carbocycles. The first-order valence-electron chi connectivity index (χ1n) is 6.78. The van der Waals surface area contributed by atoms with Crippen LogP contribution in [0.1, 0.15) is 16.7 Å². The van der Waals surface area contributed by atoms with Gasteiger partial charge in [0.15, 0.2) is 0 Å². The summed E-state index contributed by atoms with van der Waals surface area (Å²) in [4.78, 5) is 4.08. The Hall–Kier alpha value is -2.28. The number of nitrogens with two attached hydrogens (primary N) is 1.